The van der Waals surface area contributed by atoms with Gasteiger partial charge in [0, 0.05) is 36.8 Å². The first-order valence-electron chi connectivity index (χ1n) is 13.5. The van der Waals surface area contributed by atoms with Crippen molar-refractivity contribution in [2.45, 2.75) is 51.2 Å². The van der Waals surface area contributed by atoms with Crippen LogP contribution in [0.3, 0.4) is 0 Å². The molecule has 5 heterocycles. The molecule has 202 valence electrons. The zero-order chi connectivity index (χ0) is 26.5. The molecule has 3 aliphatic heterocycles. The van der Waals surface area contributed by atoms with Crippen molar-refractivity contribution in [2.75, 3.05) is 25.2 Å². The number of nitrogens with zero attached hydrogens (tertiary/aromatic N) is 6. The molecule has 3 aromatic rings. The minimum Gasteiger partial charge on any atom is -0.454 e. The number of ether oxygens (including phenoxy) is 2. The van der Waals surface area contributed by atoms with Gasteiger partial charge in [-0.1, -0.05) is 6.42 Å². The fourth-order valence-corrected chi connectivity index (χ4v) is 5.77. The molecule has 39 heavy (non-hydrogen) atoms. The highest BCUT2D eigenvalue weighted by Gasteiger charge is 2.33. The van der Waals surface area contributed by atoms with Crippen molar-refractivity contribution >= 4 is 17.9 Å². The van der Waals surface area contributed by atoms with Gasteiger partial charge in [-0.25, -0.2) is 14.8 Å². The number of carbonyl (C=O) groups excluding carboxylic acids is 2. The number of likely N-dealkylation sites (tertiary alicyclic amines) is 1. The molecule has 1 aromatic carbocycles. The van der Waals surface area contributed by atoms with Crippen molar-refractivity contribution in [3.63, 3.8) is 0 Å². The van der Waals surface area contributed by atoms with E-state index in [4.69, 9.17) is 25.2 Å². The summed E-state index contributed by atoms with van der Waals surface area (Å²) < 4.78 is 13.0. The Labute approximate surface area is 225 Å². The predicted octanol–water partition coefficient (Wildman–Crippen LogP) is 2.66. The molecule has 1 saturated carbocycles. The number of hydrogen-bond donors (Lipinski definition) is 2. The van der Waals surface area contributed by atoms with E-state index in [9.17, 15) is 9.59 Å². The quantitative estimate of drug-likeness (QED) is 0.513. The summed E-state index contributed by atoms with van der Waals surface area (Å²) in [7, 11) is 0. The van der Waals surface area contributed by atoms with E-state index in [2.05, 4.69) is 10.3 Å². The molecule has 1 atom stereocenters. The van der Waals surface area contributed by atoms with Crippen LogP contribution in [-0.2, 0) is 17.9 Å². The summed E-state index contributed by atoms with van der Waals surface area (Å²) in [6, 6.07) is 7.10. The first-order chi connectivity index (χ1) is 19.0. The van der Waals surface area contributed by atoms with Gasteiger partial charge < -0.3 is 30.3 Å². The van der Waals surface area contributed by atoms with E-state index < -0.39 is 6.03 Å². The molecule has 0 bridgehead atoms. The van der Waals surface area contributed by atoms with Crippen LogP contribution in [0.1, 0.15) is 43.5 Å². The molecule has 3 amide bonds. The third-order valence-corrected chi connectivity index (χ3v) is 8.07. The zero-order valence-corrected chi connectivity index (χ0v) is 21.5. The number of rotatable bonds is 5. The largest absolute Gasteiger partial charge is 0.454 e. The smallest absolute Gasteiger partial charge is 0.315 e. The van der Waals surface area contributed by atoms with Crippen LogP contribution in [0.2, 0.25) is 0 Å². The lowest BCUT2D eigenvalue weighted by atomic mass is 9.84. The Morgan fingerprint density at radius 3 is 2.69 bits per heavy atom. The third-order valence-electron chi connectivity index (χ3n) is 8.07. The molecular weight excluding hydrogens is 500 g/mol. The molecule has 1 unspecified atom stereocenters. The topological polar surface area (TPSA) is 141 Å². The number of benzene rings is 1. The van der Waals surface area contributed by atoms with E-state index in [0.29, 0.717) is 48.7 Å². The molecule has 0 spiro atoms. The van der Waals surface area contributed by atoms with Gasteiger partial charge in [0.15, 0.2) is 11.5 Å². The second kappa shape index (κ2) is 9.44. The Morgan fingerprint density at radius 1 is 1.00 bits per heavy atom. The van der Waals surface area contributed by atoms with Crippen LogP contribution in [0.15, 0.2) is 30.5 Å². The lowest BCUT2D eigenvalue weighted by Gasteiger charge is -2.37. The summed E-state index contributed by atoms with van der Waals surface area (Å²) in [6.45, 7) is 2.31. The van der Waals surface area contributed by atoms with E-state index in [1.54, 1.807) is 11.1 Å². The Bertz CT molecular complexity index is 1450. The molecule has 1 aliphatic carbocycles. The SMILES string of the molecule is NC(=O)N1Cc2nc(-c3ccc4c(c3)OCO4)n(-c3ccnc(NC4CCCN(C(=O)C5CCC5)C4)n3)c2C1. The number of nitrogens with one attached hydrogen (secondary N) is 1. The molecule has 4 aliphatic rings. The third kappa shape index (κ3) is 4.29. The van der Waals surface area contributed by atoms with E-state index in [1.165, 1.54) is 0 Å². The molecule has 2 fully saturated rings. The van der Waals surface area contributed by atoms with Crippen LogP contribution >= 0.6 is 0 Å². The number of anilines is 1. The number of carbonyl (C=O) groups is 2. The number of imidazole rings is 1. The standard InChI is InChI=1S/C27H30N8O4/c28-26(37)34-13-19-20(14-34)35(24(31-19)17-6-7-21-22(11-17)39-15-38-21)23-8-9-29-27(32-23)30-18-5-2-10-33(12-18)25(36)16-3-1-4-16/h6-9,11,16,18H,1-5,10,12-15H2,(H2,28,37)(H,29,30,32). The van der Waals surface area contributed by atoms with Crippen molar-refractivity contribution in [1.82, 2.24) is 29.3 Å². The monoisotopic (exact) mass is 530 g/mol. The second-order valence-corrected chi connectivity index (χ2v) is 10.6. The maximum absolute atomic E-state index is 12.8. The van der Waals surface area contributed by atoms with Crippen molar-refractivity contribution in [1.29, 1.82) is 0 Å². The molecule has 2 aromatic heterocycles. The minimum atomic E-state index is -0.493. The maximum atomic E-state index is 12.8. The summed E-state index contributed by atoms with van der Waals surface area (Å²) in [6.07, 6.45) is 6.76. The van der Waals surface area contributed by atoms with E-state index in [-0.39, 0.29) is 24.7 Å². The summed E-state index contributed by atoms with van der Waals surface area (Å²) in [5.74, 6) is 3.61. The number of piperidine rings is 1. The van der Waals surface area contributed by atoms with Gasteiger partial charge in [0.1, 0.15) is 11.6 Å². The summed E-state index contributed by atoms with van der Waals surface area (Å²) in [5, 5.41) is 3.46. The first-order valence-corrected chi connectivity index (χ1v) is 13.5. The predicted molar refractivity (Wildman–Crippen MR) is 140 cm³/mol. The fourth-order valence-electron chi connectivity index (χ4n) is 5.77. The van der Waals surface area contributed by atoms with Crippen LogP contribution in [0.5, 0.6) is 11.5 Å². The molecule has 3 N–H and O–H groups in total. The number of amides is 3. The average molecular weight is 531 g/mol. The Hall–Kier alpha value is -4.35. The number of hydrogen-bond acceptors (Lipinski definition) is 8. The molecule has 7 rings (SSSR count). The van der Waals surface area contributed by atoms with Crippen molar-refractivity contribution in [3.8, 4) is 28.7 Å². The highest BCUT2D eigenvalue weighted by molar-refractivity contribution is 5.79. The normalized spacial score (nSPS) is 20.1. The number of nitrogens with two attached hydrogens (primary N) is 1. The van der Waals surface area contributed by atoms with Gasteiger partial charge in [0.05, 0.1) is 24.5 Å². The van der Waals surface area contributed by atoms with Crippen molar-refractivity contribution in [3.05, 3.63) is 41.9 Å². The molecule has 12 heteroatoms. The minimum absolute atomic E-state index is 0.0743. The van der Waals surface area contributed by atoms with Crippen LogP contribution in [0, 0.1) is 5.92 Å². The number of fused-ring (bicyclic) bond motifs is 2. The van der Waals surface area contributed by atoms with Gasteiger partial charge >= 0.3 is 6.03 Å². The van der Waals surface area contributed by atoms with Crippen molar-refractivity contribution in [2.24, 2.45) is 11.7 Å². The molecule has 12 nitrogen and oxygen atoms in total. The second-order valence-electron chi connectivity index (χ2n) is 10.6. The molecular formula is C27H30N8O4. The van der Waals surface area contributed by atoms with Crippen LogP contribution in [0.4, 0.5) is 10.7 Å². The van der Waals surface area contributed by atoms with Gasteiger partial charge in [-0.15, -0.1) is 0 Å². The van der Waals surface area contributed by atoms with Gasteiger partial charge in [0.25, 0.3) is 0 Å². The highest BCUT2D eigenvalue weighted by Crippen LogP contribution is 2.38. The highest BCUT2D eigenvalue weighted by atomic mass is 16.7. The first kappa shape index (κ1) is 23.7. The Balaban J connectivity index is 1.19. The van der Waals surface area contributed by atoms with Crippen LogP contribution < -0.4 is 20.5 Å². The van der Waals surface area contributed by atoms with Gasteiger partial charge in [-0.2, -0.15) is 4.98 Å². The zero-order valence-electron chi connectivity index (χ0n) is 21.5. The molecule has 0 radical (unpaired) electrons. The van der Waals surface area contributed by atoms with E-state index in [0.717, 1.165) is 55.6 Å². The summed E-state index contributed by atoms with van der Waals surface area (Å²) >= 11 is 0. The summed E-state index contributed by atoms with van der Waals surface area (Å²) in [4.78, 5) is 42.5. The lowest BCUT2D eigenvalue weighted by molar-refractivity contribution is -0.139. The van der Waals surface area contributed by atoms with Gasteiger partial charge in [-0.05, 0) is 49.9 Å². The van der Waals surface area contributed by atoms with Gasteiger partial charge in [-0.3, -0.25) is 9.36 Å². The summed E-state index contributed by atoms with van der Waals surface area (Å²) in [5.41, 5.74) is 8.04. The number of primary amides is 1. The maximum Gasteiger partial charge on any atom is 0.315 e. The lowest BCUT2D eigenvalue weighted by Crippen LogP contribution is -2.48. The van der Waals surface area contributed by atoms with E-state index >= 15 is 0 Å². The van der Waals surface area contributed by atoms with Crippen molar-refractivity contribution < 1.29 is 19.1 Å². The van der Waals surface area contributed by atoms with Crippen LogP contribution in [-0.4, -0.2) is 67.2 Å². The Morgan fingerprint density at radius 2 is 1.87 bits per heavy atom. The number of urea groups is 1. The van der Waals surface area contributed by atoms with Gasteiger partial charge in [0.2, 0.25) is 18.6 Å². The van der Waals surface area contributed by atoms with Crippen LogP contribution in [0.25, 0.3) is 17.2 Å². The number of aromatic nitrogens is 4. The molecule has 1 saturated heterocycles. The average Bonchev–Trinajstić information content (AvgIpc) is 3.62. The fraction of sp³-hybridized carbons (Fsp3) is 0.444. The Kier molecular flexibility index (Phi) is 5.75. The van der Waals surface area contributed by atoms with E-state index in [1.807, 2.05) is 33.7 Å².